The van der Waals surface area contributed by atoms with Crippen LogP contribution in [0.4, 0.5) is 0 Å². The number of ether oxygens (including phenoxy) is 1. The number of hydrogen-bond donors (Lipinski definition) is 1. The lowest BCUT2D eigenvalue weighted by Gasteiger charge is -2.15. The van der Waals surface area contributed by atoms with Crippen LogP contribution in [0.25, 0.3) is 10.9 Å². The highest BCUT2D eigenvalue weighted by Crippen LogP contribution is 2.25. The zero-order valence-electron chi connectivity index (χ0n) is 18.4. The van der Waals surface area contributed by atoms with E-state index in [1.54, 1.807) is 23.8 Å². The van der Waals surface area contributed by atoms with Crippen LogP contribution >= 0.6 is 0 Å². The summed E-state index contributed by atoms with van der Waals surface area (Å²) in [4.78, 5) is 23.8. The van der Waals surface area contributed by atoms with Crippen LogP contribution in [-0.2, 0) is 6.54 Å². The second-order valence-electron chi connectivity index (χ2n) is 6.08. The molecular weight excluding hydrogens is 366 g/mol. The van der Waals surface area contributed by atoms with Gasteiger partial charge < -0.3 is 14.4 Å². The molecule has 0 aliphatic carbocycles. The standard InChI is InChI=1S/C20H19NO4.2C2H6/c1-12-8-14(9-13(2)19(12)25-3)10-21-11-16(20(23)24)18(22)15-6-4-5-7-17(15)21;2*1-2/h4-9,11H,10H2,1-3H3,(H,23,24);2*1-2H3. The summed E-state index contributed by atoms with van der Waals surface area (Å²) in [6.45, 7) is 12.4. The number of benzene rings is 2. The van der Waals surface area contributed by atoms with E-state index in [2.05, 4.69) is 0 Å². The fraction of sp³-hybridized carbons (Fsp3) is 0.333. The molecule has 0 aliphatic rings. The van der Waals surface area contributed by atoms with Gasteiger partial charge in [0.25, 0.3) is 0 Å². The molecule has 0 spiro atoms. The van der Waals surface area contributed by atoms with E-state index in [9.17, 15) is 14.7 Å². The van der Waals surface area contributed by atoms with E-state index < -0.39 is 11.4 Å². The van der Waals surface area contributed by atoms with E-state index in [1.807, 2.05) is 65.8 Å². The van der Waals surface area contributed by atoms with Crippen molar-refractivity contribution in [3.8, 4) is 5.75 Å². The lowest BCUT2D eigenvalue weighted by atomic mass is 10.0. The summed E-state index contributed by atoms with van der Waals surface area (Å²) in [6.07, 6.45) is 1.42. The van der Waals surface area contributed by atoms with Crippen molar-refractivity contribution in [1.29, 1.82) is 0 Å². The predicted octanol–water partition coefficient (Wildman–Crippen LogP) is 5.43. The molecule has 0 saturated carbocycles. The molecule has 0 radical (unpaired) electrons. The van der Waals surface area contributed by atoms with Gasteiger partial charge in [-0.1, -0.05) is 52.0 Å². The van der Waals surface area contributed by atoms with Gasteiger partial charge in [0.05, 0.1) is 12.6 Å². The van der Waals surface area contributed by atoms with Gasteiger partial charge in [-0.3, -0.25) is 4.79 Å². The Hall–Kier alpha value is -3.08. The second kappa shape index (κ2) is 11.1. The molecule has 0 bridgehead atoms. The number of hydrogen-bond acceptors (Lipinski definition) is 3. The van der Waals surface area contributed by atoms with E-state index in [-0.39, 0.29) is 5.56 Å². The van der Waals surface area contributed by atoms with Crippen LogP contribution in [0, 0.1) is 13.8 Å². The molecule has 0 unspecified atom stereocenters. The molecule has 0 atom stereocenters. The first-order valence-electron chi connectivity index (χ1n) is 9.92. The number of aromatic nitrogens is 1. The Balaban J connectivity index is 0.000000989. The summed E-state index contributed by atoms with van der Waals surface area (Å²) < 4.78 is 7.20. The molecule has 2 aromatic carbocycles. The van der Waals surface area contributed by atoms with E-state index >= 15 is 0 Å². The molecule has 3 rings (SSSR count). The topological polar surface area (TPSA) is 68.5 Å². The van der Waals surface area contributed by atoms with E-state index in [1.165, 1.54) is 6.20 Å². The number of pyridine rings is 1. The fourth-order valence-electron chi connectivity index (χ4n) is 3.28. The number of para-hydroxylation sites is 1. The summed E-state index contributed by atoms with van der Waals surface area (Å²) >= 11 is 0. The van der Waals surface area contributed by atoms with Crippen molar-refractivity contribution in [1.82, 2.24) is 4.57 Å². The fourth-order valence-corrected chi connectivity index (χ4v) is 3.28. The molecule has 0 saturated heterocycles. The van der Waals surface area contributed by atoms with Gasteiger partial charge in [-0.25, -0.2) is 4.79 Å². The van der Waals surface area contributed by atoms with Gasteiger partial charge in [0.1, 0.15) is 11.3 Å². The first-order chi connectivity index (χ1) is 13.9. The van der Waals surface area contributed by atoms with Crippen molar-refractivity contribution in [2.75, 3.05) is 7.11 Å². The van der Waals surface area contributed by atoms with Crippen LogP contribution in [0.3, 0.4) is 0 Å². The van der Waals surface area contributed by atoms with Crippen molar-refractivity contribution in [2.45, 2.75) is 48.1 Å². The molecule has 1 aromatic heterocycles. The molecule has 5 nitrogen and oxygen atoms in total. The summed E-state index contributed by atoms with van der Waals surface area (Å²) in [5, 5.41) is 9.75. The number of carboxylic acids is 1. The molecule has 3 aromatic rings. The minimum Gasteiger partial charge on any atom is -0.496 e. The molecule has 156 valence electrons. The summed E-state index contributed by atoms with van der Waals surface area (Å²) in [6, 6.07) is 11.1. The minimum absolute atomic E-state index is 0.222. The first kappa shape index (κ1) is 24.0. The molecule has 0 amide bonds. The first-order valence-corrected chi connectivity index (χ1v) is 9.92. The number of aromatic carboxylic acids is 1. The van der Waals surface area contributed by atoms with E-state index in [4.69, 9.17) is 4.74 Å². The maximum absolute atomic E-state index is 12.4. The molecule has 5 heteroatoms. The monoisotopic (exact) mass is 397 g/mol. The molecule has 0 aliphatic heterocycles. The Labute approximate surface area is 172 Å². The SMILES string of the molecule is CC.CC.COc1c(C)cc(Cn2cc(C(=O)O)c(=O)c3ccccc32)cc1C. The third kappa shape index (κ3) is 5.25. The third-order valence-corrected chi connectivity index (χ3v) is 4.30. The van der Waals surface area contributed by atoms with Crippen LogP contribution in [0.5, 0.6) is 5.75 Å². The normalized spacial score (nSPS) is 9.76. The lowest BCUT2D eigenvalue weighted by Crippen LogP contribution is -2.19. The van der Waals surface area contributed by atoms with Gasteiger partial charge in [-0.2, -0.15) is 0 Å². The van der Waals surface area contributed by atoms with E-state index in [0.717, 1.165) is 22.4 Å². The van der Waals surface area contributed by atoms with Gasteiger partial charge in [-0.05, 0) is 42.7 Å². The Morgan fingerprint density at radius 3 is 2.10 bits per heavy atom. The summed E-state index contributed by atoms with van der Waals surface area (Å²) in [5.41, 5.74) is 3.08. The quantitative estimate of drug-likeness (QED) is 0.638. The Morgan fingerprint density at radius 2 is 1.59 bits per heavy atom. The second-order valence-corrected chi connectivity index (χ2v) is 6.08. The van der Waals surface area contributed by atoms with Gasteiger partial charge in [0, 0.05) is 18.1 Å². The summed E-state index contributed by atoms with van der Waals surface area (Å²) in [5.74, 6) is -0.369. The number of carbonyl (C=O) groups is 1. The minimum atomic E-state index is -1.22. The Bertz CT molecular complexity index is 1010. The van der Waals surface area contributed by atoms with Crippen molar-refractivity contribution in [3.63, 3.8) is 0 Å². The summed E-state index contributed by atoms with van der Waals surface area (Å²) in [7, 11) is 1.64. The van der Waals surface area contributed by atoms with Crippen LogP contribution in [0.15, 0.2) is 47.4 Å². The van der Waals surface area contributed by atoms with Crippen LogP contribution in [0.1, 0.15) is 54.7 Å². The molecule has 0 fully saturated rings. The number of rotatable bonds is 4. The zero-order chi connectivity index (χ0) is 22.1. The van der Waals surface area contributed by atoms with Gasteiger partial charge in [0.2, 0.25) is 5.43 Å². The zero-order valence-corrected chi connectivity index (χ0v) is 18.4. The van der Waals surface area contributed by atoms with Crippen LogP contribution < -0.4 is 10.2 Å². The molecular formula is C24H31NO4. The van der Waals surface area contributed by atoms with Gasteiger partial charge in [0.15, 0.2) is 0 Å². The van der Waals surface area contributed by atoms with E-state index in [0.29, 0.717) is 17.4 Å². The smallest absolute Gasteiger partial charge is 0.341 e. The largest absolute Gasteiger partial charge is 0.496 e. The highest BCUT2D eigenvalue weighted by Gasteiger charge is 2.15. The average molecular weight is 398 g/mol. The molecule has 29 heavy (non-hydrogen) atoms. The lowest BCUT2D eigenvalue weighted by molar-refractivity contribution is 0.0695. The maximum Gasteiger partial charge on any atom is 0.341 e. The highest BCUT2D eigenvalue weighted by molar-refractivity contribution is 5.92. The molecule has 1 N–H and O–H groups in total. The molecule has 1 heterocycles. The highest BCUT2D eigenvalue weighted by atomic mass is 16.5. The van der Waals surface area contributed by atoms with Gasteiger partial charge >= 0.3 is 5.97 Å². The number of nitrogens with zero attached hydrogens (tertiary/aromatic N) is 1. The number of carboxylic acid groups (broad SMARTS) is 1. The predicted molar refractivity (Wildman–Crippen MR) is 119 cm³/mol. The average Bonchev–Trinajstić information content (AvgIpc) is 2.73. The van der Waals surface area contributed by atoms with Crippen molar-refractivity contribution in [3.05, 3.63) is 75.1 Å². The third-order valence-electron chi connectivity index (χ3n) is 4.30. The number of methoxy groups -OCH3 is 1. The number of aryl methyl sites for hydroxylation is 2. The van der Waals surface area contributed by atoms with Crippen LogP contribution in [0.2, 0.25) is 0 Å². The van der Waals surface area contributed by atoms with Crippen molar-refractivity contribution in [2.24, 2.45) is 0 Å². The van der Waals surface area contributed by atoms with Crippen molar-refractivity contribution < 1.29 is 14.6 Å². The Kier molecular flexibility index (Phi) is 9.13. The Morgan fingerprint density at radius 1 is 1.03 bits per heavy atom. The maximum atomic E-state index is 12.4. The number of fused-ring (bicyclic) bond motifs is 1. The van der Waals surface area contributed by atoms with Crippen LogP contribution in [-0.4, -0.2) is 22.8 Å². The van der Waals surface area contributed by atoms with Gasteiger partial charge in [-0.15, -0.1) is 0 Å². The van der Waals surface area contributed by atoms with Crippen molar-refractivity contribution >= 4 is 16.9 Å².